The molecule has 0 fully saturated rings. The van der Waals surface area contributed by atoms with Crippen LogP contribution in [0.1, 0.15) is 22.1 Å². The van der Waals surface area contributed by atoms with Crippen LogP contribution in [0.25, 0.3) is 0 Å². The normalized spacial score (nSPS) is 23.3. The minimum Gasteiger partial charge on any atom is -0.466 e. The molecule has 0 radical (unpaired) electrons. The summed E-state index contributed by atoms with van der Waals surface area (Å²) in [7, 11) is 0. The first kappa shape index (κ1) is 5.18. The van der Waals surface area contributed by atoms with Crippen LogP contribution >= 0.6 is 0 Å². The van der Waals surface area contributed by atoms with Crippen molar-refractivity contribution < 1.29 is 9.53 Å². The third kappa shape index (κ3) is 0.441. The standard InChI is InChI=1S/C8H5NO2/c10-7-6-4-2-1-3-5(6)11-8(4)9-7/h1-3,8H,(H,9,10). The second-order valence-electron chi connectivity index (χ2n) is 2.69. The molecule has 4 bridgehead atoms. The van der Waals surface area contributed by atoms with Crippen LogP contribution in [-0.2, 0) is 0 Å². The summed E-state index contributed by atoms with van der Waals surface area (Å²) in [6, 6.07) is 5.63. The number of benzene rings is 1. The van der Waals surface area contributed by atoms with E-state index in [9.17, 15) is 4.79 Å². The van der Waals surface area contributed by atoms with E-state index < -0.39 is 0 Å². The maximum absolute atomic E-state index is 11.1. The first-order valence-corrected chi connectivity index (χ1v) is 3.47. The highest BCUT2D eigenvalue weighted by atomic mass is 16.5. The van der Waals surface area contributed by atoms with E-state index >= 15 is 0 Å². The van der Waals surface area contributed by atoms with Gasteiger partial charge < -0.3 is 10.1 Å². The third-order valence-corrected chi connectivity index (χ3v) is 2.07. The monoisotopic (exact) mass is 147 g/mol. The molecule has 1 atom stereocenters. The molecule has 54 valence electrons. The number of ether oxygens (including phenoxy) is 1. The zero-order valence-corrected chi connectivity index (χ0v) is 5.63. The molecule has 3 heteroatoms. The van der Waals surface area contributed by atoms with Crippen LogP contribution in [0.15, 0.2) is 18.2 Å². The van der Waals surface area contributed by atoms with Gasteiger partial charge in [-0.25, -0.2) is 0 Å². The van der Waals surface area contributed by atoms with Gasteiger partial charge in [-0.3, -0.25) is 4.79 Å². The van der Waals surface area contributed by atoms with Crippen molar-refractivity contribution in [2.45, 2.75) is 6.23 Å². The zero-order valence-electron chi connectivity index (χ0n) is 5.63. The van der Waals surface area contributed by atoms with Gasteiger partial charge in [0, 0.05) is 5.56 Å². The van der Waals surface area contributed by atoms with Gasteiger partial charge in [0.2, 0.25) is 0 Å². The van der Waals surface area contributed by atoms with Crippen LogP contribution in [0.4, 0.5) is 0 Å². The average Bonchev–Trinajstić information content (AvgIpc) is 2.40. The summed E-state index contributed by atoms with van der Waals surface area (Å²) in [4.78, 5) is 11.1. The molecule has 1 aromatic carbocycles. The van der Waals surface area contributed by atoms with E-state index in [-0.39, 0.29) is 12.1 Å². The molecule has 0 saturated carbocycles. The molecule has 3 rings (SSSR count). The highest BCUT2D eigenvalue weighted by Gasteiger charge is 2.39. The number of amides is 1. The summed E-state index contributed by atoms with van der Waals surface area (Å²) in [5, 5.41) is 2.70. The van der Waals surface area contributed by atoms with Gasteiger partial charge in [0.1, 0.15) is 5.75 Å². The predicted octanol–water partition coefficient (Wildman–Crippen LogP) is 0.821. The highest BCUT2D eigenvalue weighted by Crippen LogP contribution is 2.40. The van der Waals surface area contributed by atoms with E-state index in [1.807, 2.05) is 18.2 Å². The van der Waals surface area contributed by atoms with E-state index in [4.69, 9.17) is 4.74 Å². The van der Waals surface area contributed by atoms with Crippen LogP contribution < -0.4 is 10.1 Å². The number of carbonyl (C=O) groups excluding carboxylic acids is 1. The van der Waals surface area contributed by atoms with Gasteiger partial charge in [0.15, 0.2) is 6.23 Å². The third-order valence-electron chi connectivity index (χ3n) is 2.07. The lowest BCUT2D eigenvalue weighted by atomic mass is 10.1. The Morgan fingerprint density at radius 3 is 3.09 bits per heavy atom. The lowest BCUT2D eigenvalue weighted by Crippen LogP contribution is -2.26. The number of carbonyl (C=O) groups is 1. The minimum absolute atomic E-state index is 0.00755. The molecule has 1 unspecified atom stereocenters. The van der Waals surface area contributed by atoms with Crippen molar-refractivity contribution in [3.8, 4) is 5.75 Å². The molecule has 0 spiro atoms. The van der Waals surface area contributed by atoms with Gasteiger partial charge in [0.25, 0.3) is 5.91 Å². The summed E-state index contributed by atoms with van der Waals surface area (Å²) < 4.78 is 5.35. The molecule has 2 aliphatic heterocycles. The smallest absolute Gasteiger partial charge is 0.258 e. The molecule has 2 heterocycles. The van der Waals surface area contributed by atoms with Crippen LogP contribution in [0.3, 0.4) is 0 Å². The van der Waals surface area contributed by atoms with Gasteiger partial charge in [-0.15, -0.1) is 0 Å². The summed E-state index contributed by atoms with van der Waals surface area (Å²) in [6.07, 6.45) is -0.206. The fourth-order valence-electron chi connectivity index (χ4n) is 1.60. The van der Waals surface area contributed by atoms with Crippen molar-refractivity contribution in [2.24, 2.45) is 0 Å². The number of hydrogen-bond acceptors (Lipinski definition) is 2. The molecular formula is C8H5NO2. The summed E-state index contributed by atoms with van der Waals surface area (Å²) >= 11 is 0. The molecule has 1 N–H and O–H groups in total. The van der Waals surface area contributed by atoms with E-state index in [0.29, 0.717) is 0 Å². The van der Waals surface area contributed by atoms with Crippen LogP contribution in [0.2, 0.25) is 0 Å². The van der Waals surface area contributed by atoms with E-state index in [0.717, 1.165) is 16.9 Å². The fourth-order valence-corrected chi connectivity index (χ4v) is 1.60. The summed E-state index contributed by atoms with van der Waals surface area (Å²) in [5.74, 6) is 0.711. The molecule has 2 aliphatic rings. The summed E-state index contributed by atoms with van der Waals surface area (Å²) in [5.41, 5.74) is 1.70. The van der Waals surface area contributed by atoms with E-state index in [1.165, 1.54) is 0 Å². The lowest BCUT2D eigenvalue weighted by Gasteiger charge is -2.11. The van der Waals surface area contributed by atoms with Crippen LogP contribution in [0, 0.1) is 0 Å². The van der Waals surface area contributed by atoms with Gasteiger partial charge >= 0.3 is 0 Å². The van der Waals surface area contributed by atoms with E-state index in [1.54, 1.807) is 0 Å². The van der Waals surface area contributed by atoms with Gasteiger partial charge in [-0.1, -0.05) is 12.1 Å². The number of nitrogens with one attached hydrogen (secondary N) is 1. The molecule has 0 aromatic heterocycles. The second kappa shape index (κ2) is 1.39. The Kier molecular flexibility index (Phi) is 0.656. The molecule has 1 aromatic rings. The van der Waals surface area contributed by atoms with Crippen molar-refractivity contribution in [1.29, 1.82) is 0 Å². The Balaban J connectivity index is 2.42. The van der Waals surface area contributed by atoms with Gasteiger partial charge in [-0.2, -0.15) is 0 Å². The van der Waals surface area contributed by atoms with E-state index in [2.05, 4.69) is 5.32 Å². The molecule has 11 heavy (non-hydrogen) atoms. The maximum atomic E-state index is 11.1. The first-order chi connectivity index (χ1) is 5.36. The Labute approximate surface area is 63.0 Å². The van der Waals surface area contributed by atoms with Crippen molar-refractivity contribution in [1.82, 2.24) is 5.32 Å². The molecular weight excluding hydrogens is 142 g/mol. The maximum Gasteiger partial charge on any atom is 0.258 e. The summed E-state index contributed by atoms with van der Waals surface area (Å²) in [6.45, 7) is 0. The molecule has 1 amide bonds. The SMILES string of the molecule is O=C1NC2Oc3cccc2c31. The quantitative estimate of drug-likeness (QED) is 0.590. The lowest BCUT2D eigenvalue weighted by molar-refractivity contribution is 0.0840. The van der Waals surface area contributed by atoms with Crippen LogP contribution in [-0.4, -0.2) is 5.91 Å². The predicted molar refractivity (Wildman–Crippen MR) is 37.3 cm³/mol. The van der Waals surface area contributed by atoms with Crippen molar-refractivity contribution in [3.63, 3.8) is 0 Å². The van der Waals surface area contributed by atoms with Gasteiger partial charge in [-0.05, 0) is 6.07 Å². The number of rotatable bonds is 0. The largest absolute Gasteiger partial charge is 0.466 e. The average molecular weight is 147 g/mol. The Hall–Kier alpha value is -1.51. The van der Waals surface area contributed by atoms with Crippen molar-refractivity contribution >= 4 is 5.91 Å². The Bertz CT molecular complexity index is 359. The fraction of sp³-hybridized carbons (Fsp3) is 0.125. The van der Waals surface area contributed by atoms with Crippen molar-refractivity contribution in [2.75, 3.05) is 0 Å². The Morgan fingerprint density at radius 2 is 2.36 bits per heavy atom. The molecule has 3 nitrogen and oxygen atoms in total. The topological polar surface area (TPSA) is 38.3 Å². The van der Waals surface area contributed by atoms with Crippen molar-refractivity contribution in [3.05, 3.63) is 29.3 Å². The Morgan fingerprint density at radius 1 is 1.45 bits per heavy atom. The molecule has 0 aliphatic carbocycles. The van der Waals surface area contributed by atoms with Crippen LogP contribution in [0.5, 0.6) is 5.75 Å². The second-order valence-corrected chi connectivity index (χ2v) is 2.69. The number of hydrogen-bond donors (Lipinski definition) is 1. The molecule has 0 saturated heterocycles. The first-order valence-electron chi connectivity index (χ1n) is 3.47. The zero-order chi connectivity index (χ0) is 7.42. The highest BCUT2D eigenvalue weighted by molar-refractivity contribution is 6.02. The van der Waals surface area contributed by atoms with Gasteiger partial charge in [0.05, 0.1) is 5.56 Å². The minimum atomic E-state index is -0.206.